The van der Waals surface area contributed by atoms with Crippen molar-refractivity contribution < 1.29 is 14.0 Å². The number of likely N-dealkylation sites (tertiary alicyclic amines) is 1. The number of carbonyl (C=O) groups excluding carboxylic acids is 2. The van der Waals surface area contributed by atoms with Gasteiger partial charge in [0.2, 0.25) is 5.91 Å². The number of likely N-dealkylation sites (N-methyl/N-ethyl adjacent to an activating group) is 1. The van der Waals surface area contributed by atoms with Gasteiger partial charge in [-0.25, -0.2) is 4.39 Å². The van der Waals surface area contributed by atoms with E-state index in [-0.39, 0.29) is 23.4 Å². The molecular formula is C18H24FN3O2. The molecule has 1 aromatic carbocycles. The van der Waals surface area contributed by atoms with E-state index in [4.69, 9.17) is 0 Å². The summed E-state index contributed by atoms with van der Waals surface area (Å²) in [6, 6.07) is 4.66. The van der Waals surface area contributed by atoms with Crippen molar-refractivity contribution in [3.8, 4) is 0 Å². The third-order valence-corrected chi connectivity index (χ3v) is 5.09. The minimum absolute atomic E-state index is 0.0301. The average Bonchev–Trinajstić information content (AvgIpc) is 3.13. The number of rotatable bonds is 3. The van der Waals surface area contributed by atoms with E-state index in [9.17, 15) is 14.0 Å². The highest BCUT2D eigenvalue weighted by atomic mass is 19.1. The Bertz CT molecular complexity index is 662. The molecule has 24 heavy (non-hydrogen) atoms. The van der Waals surface area contributed by atoms with Crippen molar-refractivity contribution in [2.45, 2.75) is 25.8 Å². The zero-order valence-corrected chi connectivity index (χ0v) is 14.5. The standard InChI is InChI=1S/C18H24FN3O2/c1-12-10-21(11-16(12)20(2)3)18(24)14-9-13(6-7-15(14)19)22-8-4-5-17(22)23/h6-7,9,12,16H,4-5,8,10-11H2,1-3H3/t12-,16+/m0/s1. The largest absolute Gasteiger partial charge is 0.337 e. The number of benzene rings is 1. The van der Waals surface area contributed by atoms with Crippen LogP contribution in [0, 0.1) is 11.7 Å². The lowest BCUT2D eigenvalue weighted by molar-refractivity contribution is -0.117. The molecule has 6 heteroatoms. The predicted octanol–water partition coefficient (Wildman–Crippen LogP) is 1.97. The maximum atomic E-state index is 14.2. The van der Waals surface area contributed by atoms with Gasteiger partial charge in [0, 0.05) is 37.8 Å². The number of carbonyl (C=O) groups is 2. The Kier molecular flexibility index (Phi) is 4.58. The number of amides is 2. The van der Waals surface area contributed by atoms with Crippen molar-refractivity contribution in [1.82, 2.24) is 9.80 Å². The van der Waals surface area contributed by atoms with E-state index in [1.807, 2.05) is 14.1 Å². The summed E-state index contributed by atoms with van der Waals surface area (Å²) < 4.78 is 14.2. The molecule has 3 rings (SSSR count). The third kappa shape index (κ3) is 3.02. The van der Waals surface area contributed by atoms with E-state index in [0.29, 0.717) is 37.7 Å². The molecule has 2 fully saturated rings. The van der Waals surface area contributed by atoms with Crippen molar-refractivity contribution in [1.29, 1.82) is 0 Å². The van der Waals surface area contributed by atoms with Gasteiger partial charge in [0.05, 0.1) is 5.56 Å². The lowest BCUT2D eigenvalue weighted by Gasteiger charge is -2.22. The molecular weight excluding hydrogens is 309 g/mol. The van der Waals surface area contributed by atoms with Gasteiger partial charge in [-0.3, -0.25) is 9.59 Å². The molecule has 1 aromatic rings. The van der Waals surface area contributed by atoms with Crippen LogP contribution in [0.15, 0.2) is 18.2 Å². The lowest BCUT2D eigenvalue weighted by Crippen LogP contribution is -2.36. The van der Waals surface area contributed by atoms with Crippen LogP contribution >= 0.6 is 0 Å². The van der Waals surface area contributed by atoms with Crippen molar-refractivity contribution in [3.63, 3.8) is 0 Å². The molecule has 0 unspecified atom stereocenters. The Morgan fingerprint density at radius 3 is 2.62 bits per heavy atom. The summed E-state index contributed by atoms with van der Waals surface area (Å²) in [5.41, 5.74) is 0.664. The van der Waals surface area contributed by atoms with Crippen molar-refractivity contribution in [2.75, 3.05) is 38.6 Å². The second-order valence-electron chi connectivity index (χ2n) is 7.03. The summed E-state index contributed by atoms with van der Waals surface area (Å²) in [5.74, 6) is -0.452. The van der Waals surface area contributed by atoms with E-state index in [0.717, 1.165) is 6.42 Å². The van der Waals surface area contributed by atoms with E-state index >= 15 is 0 Å². The summed E-state index contributed by atoms with van der Waals surface area (Å²) in [5, 5.41) is 0. The highest BCUT2D eigenvalue weighted by molar-refractivity contribution is 5.99. The summed E-state index contributed by atoms with van der Waals surface area (Å²) in [6.45, 7) is 3.95. The Morgan fingerprint density at radius 2 is 2.04 bits per heavy atom. The molecule has 130 valence electrons. The Morgan fingerprint density at radius 1 is 1.29 bits per heavy atom. The molecule has 2 amide bonds. The molecule has 5 nitrogen and oxygen atoms in total. The summed E-state index contributed by atoms with van der Waals surface area (Å²) in [7, 11) is 3.99. The smallest absolute Gasteiger partial charge is 0.256 e. The highest BCUT2D eigenvalue weighted by Crippen LogP contribution is 2.27. The number of hydrogen-bond acceptors (Lipinski definition) is 3. The summed E-state index contributed by atoms with van der Waals surface area (Å²) in [6.07, 6.45) is 1.31. The molecule has 0 saturated carbocycles. The summed E-state index contributed by atoms with van der Waals surface area (Å²) >= 11 is 0. The van der Waals surface area contributed by atoms with Gasteiger partial charge in [-0.05, 0) is 44.6 Å². The number of nitrogens with zero attached hydrogens (tertiary/aromatic N) is 3. The second-order valence-corrected chi connectivity index (χ2v) is 7.03. The third-order valence-electron chi connectivity index (χ3n) is 5.09. The zero-order chi connectivity index (χ0) is 17.4. The van der Waals surface area contributed by atoms with Crippen LogP contribution in [0.4, 0.5) is 10.1 Å². The SMILES string of the molecule is C[C@H]1CN(C(=O)c2cc(N3CCCC3=O)ccc2F)C[C@H]1N(C)C. The normalized spacial score (nSPS) is 24.3. The van der Waals surface area contributed by atoms with Crippen LogP contribution in [-0.2, 0) is 4.79 Å². The van der Waals surface area contributed by atoms with Gasteiger partial charge in [-0.1, -0.05) is 6.92 Å². The fourth-order valence-electron chi connectivity index (χ4n) is 3.72. The van der Waals surface area contributed by atoms with Crippen molar-refractivity contribution in [3.05, 3.63) is 29.6 Å². The molecule has 2 heterocycles. The first-order valence-electron chi connectivity index (χ1n) is 8.44. The lowest BCUT2D eigenvalue weighted by atomic mass is 10.1. The van der Waals surface area contributed by atoms with Crippen LogP contribution in [-0.4, -0.2) is 61.4 Å². The molecule has 2 atom stereocenters. The van der Waals surface area contributed by atoms with Gasteiger partial charge < -0.3 is 14.7 Å². The van der Waals surface area contributed by atoms with Gasteiger partial charge in [0.15, 0.2) is 0 Å². The minimum Gasteiger partial charge on any atom is -0.337 e. The van der Waals surface area contributed by atoms with Crippen molar-refractivity contribution >= 4 is 17.5 Å². The first-order chi connectivity index (χ1) is 11.4. The molecule has 0 N–H and O–H groups in total. The van der Waals surface area contributed by atoms with Gasteiger partial charge in [0.25, 0.3) is 5.91 Å². The van der Waals surface area contributed by atoms with Gasteiger partial charge in [-0.2, -0.15) is 0 Å². The molecule has 0 radical (unpaired) electrons. The average molecular weight is 333 g/mol. The number of hydrogen-bond donors (Lipinski definition) is 0. The minimum atomic E-state index is -0.531. The quantitative estimate of drug-likeness (QED) is 0.849. The predicted molar refractivity (Wildman–Crippen MR) is 90.5 cm³/mol. The fraction of sp³-hybridized carbons (Fsp3) is 0.556. The van der Waals surface area contributed by atoms with Gasteiger partial charge in [0.1, 0.15) is 5.82 Å². The molecule has 0 aromatic heterocycles. The molecule has 0 aliphatic carbocycles. The van der Waals surface area contributed by atoms with Crippen LogP contribution < -0.4 is 4.90 Å². The van der Waals surface area contributed by atoms with Gasteiger partial charge >= 0.3 is 0 Å². The fourth-order valence-corrected chi connectivity index (χ4v) is 3.72. The molecule has 2 aliphatic rings. The molecule has 0 bridgehead atoms. The van der Waals surface area contributed by atoms with Crippen LogP contribution in [0.5, 0.6) is 0 Å². The van der Waals surface area contributed by atoms with Crippen LogP contribution in [0.2, 0.25) is 0 Å². The molecule has 0 spiro atoms. The number of anilines is 1. The molecule has 2 saturated heterocycles. The van der Waals surface area contributed by atoms with Crippen LogP contribution in [0.25, 0.3) is 0 Å². The maximum absolute atomic E-state index is 14.2. The first-order valence-corrected chi connectivity index (χ1v) is 8.44. The van der Waals surface area contributed by atoms with E-state index in [2.05, 4.69) is 11.8 Å². The van der Waals surface area contributed by atoms with Gasteiger partial charge in [-0.15, -0.1) is 0 Å². The van der Waals surface area contributed by atoms with E-state index in [1.54, 1.807) is 15.9 Å². The van der Waals surface area contributed by atoms with E-state index < -0.39 is 5.82 Å². The number of halogens is 1. The topological polar surface area (TPSA) is 43.9 Å². The van der Waals surface area contributed by atoms with Crippen LogP contribution in [0.1, 0.15) is 30.1 Å². The Labute approximate surface area is 142 Å². The zero-order valence-electron chi connectivity index (χ0n) is 14.5. The highest BCUT2D eigenvalue weighted by Gasteiger charge is 2.35. The van der Waals surface area contributed by atoms with Crippen molar-refractivity contribution in [2.24, 2.45) is 5.92 Å². The Hall–Kier alpha value is -1.95. The van der Waals surface area contributed by atoms with E-state index in [1.165, 1.54) is 12.1 Å². The second kappa shape index (κ2) is 6.51. The summed E-state index contributed by atoms with van der Waals surface area (Å²) in [4.78, 5) is 30.1. The molecule has 2 aliphatic heterocycles. The van der Waals surface area contributed by atoms with Crippen LogP contribution in [0.3, 0.4) is 0 Å². The Balaban J connectivity index is 1.83. The first kappa shape index (κ1) is 16.9. The maximum Gasteiger partial charge on any atom is 0.256 e. The monoisotopic (exact) mass is 333 g/mol.